The Morgan fingerprint density at radius 3 is 2.17 bits per heavy atom. The van der Waals surface area contributed by atoms with E-state index in [1.807, 2.05) is 19.1 Å². The highest BCUT2D eigenvalue weighted by atomic mass is 16.6. The Morgan fingerprint density at radius 1 is 1.17 bits per heavy atom. The normalized spacial score (nSPS) is 14.2. The molecule has 0 aliphatic rings. The molecule has 0 saturated heterocycles. The topological polar surface area (TPSA) is 89.6 Å². The standard InChI is InChI=1S/C18H27NO4/c1-6-11-8-9-13(10-12(11)7-2)15(19)14(16(20)21)17(22)23-18(3,4)5/h8-10,14-15H,6-7,19H2,1-5H3,(H,20,21). The number of nitrogens with two attached hydrogens (primary N) is 1. The summed E-state index contributed by atoms with van der Waals surface area (Å²) in [5, 5.41) is 9.42. The zero-order valence-electron chi connectivity index (χ0n) is 14.6. The quantitative estimate of drug-likeness (QED) is 0.621. The molecular weight excluding hydrogens is 294 g/mol. The molecule has 0 spiro atoms. The van der Waals surface area contributed by atoms with Crippen LogP contribution in [0.2, 0.25) is 0 Å². The molecule has 0 saturated carbocycles. The van der Waals surface area contributed by atoms with Crippen molar-refractivity contribution in [3.8, 4) is 0 Å². The molecule has 0 fully saturated rings. The van der Waals surface area contributed by atoms with Gasteiger partial charge in [-0.1, -0.05) is 32.0 Å². The lowest BCUT2D eigenvalue weighted by atomic mass is 9.90. The largest absolute Gasteiger partial charge is 0.481 e. The van der Waals surface area contributed by atoms with Gasteiger partial charge >= 0.3 is 11.9 Å². The van der Waals surface area contributed by atoms with Crippen LogP contribution in [0.3, 0.4) is 0 Å². The number of benzene rings is 1. The van der Waals surface area contributed by atoms with Gasteiger partial charge in [0.25, 0.3) is 0 Å². The fourth-order valence-electron chi connectivity index (χ4n) is 2.49. The first-order valence-corrected chi connectivity index (χ1v) is 7.93. The van der Waals surface area contributed by atoms with Crippen molar-refractivity contribution in [2.24, 2.45) is 11.7 Å². The van der Waals surface area contributed by atoms with Crippen LogP contribution in [0.15, 0.2) is 18.2 Å². The summed E-state index contributed by atoms with van der Waals surface area (Å²) in [4.78, 5) is 23.7. The number of hydrogen-bond acceptors (Lipinski definition) is 4. The van der Waals surface area contributed by atoms with Crippen molar-refractivity contribution in [3.63, 3.8) is 0 Å². The first kappa shape index (κ1) is 19.2. The minimum atomic E-state index is -1.42. The van der Waals surface area contributed by atoms with Gasteiger partial charge in [0.2, 0.25) is 0 Å². The molecule has 0 aliphatic carbocycles. The number of carbonyl (C=O) groups excluding carboxylic acids is 1. The molecule has 0 amide bonds. The highest BCUT2D eigenvalue weighted by molar-refractivity contribution is 5.95. The lowest BCUT2D eigenvalue weighted by Gasteiger charge is -2.25. The van der Waals surface area contributed by atoms with E-state index in [0.717, 1.165) is 18.4 Å². The molecule has 0 radical (unpaired) electrons. The van der Waals surface area contributed by atoms with E-state index in [0.29, 0.717) is 5.56 Å². The summed E-state index contributed by atoms with van der Waals surface area (Å²) in [7, 11) is 0. The smallest absolute Gasteiger partial charge is 0.322 e. The van der Waals surface area contributed by atoms with E-state index in [4.69, 9.17) is 10.5 Å². The van der Waals surface area contributed by atoms with Crippen LogP contribution in [0.5, 0.6) is 0 Å². The molecule has 3 N–H and O–H groups in total. The summed E-state index contributed by atoms with van der Waals surface area (Å²) in [5.74, 6) is -3.51. The predicted molar refractivity (Wildman–Crippen MR) is 89.1 cm³/mol. The lowest BCUT2D eigenvalue weighted by Crippen LogP contribution is -2.39. The Balaban J connectivity index is 3.14. The molecule has 1 rings (SSSR count). The van der Waals surface area contributed by atoms with Crippen LogP contribution in [0.1, 0.15) is 57.4 Å². The number of carbonyl (C=O) groups is 2. The first-order valence-electron chi connectivity index (χ1n) is 7.93. The van der Waals surface area contributed by atoms with Gasteiger partial charge in [0.1, 0.15) is 5.60 Å². The second kappa shape index (κ2) is 7.59. The van der Waals surface area contributed by atoms with E-state index in [9.17, 15) is 14.7 Å². The van der Waals surface area contributed by atoms with Crippen molar-refractivity contribution in [3.05, 3.63) is 34.9 Å². The van der Waals surface area contributed by atoms with Crippen LogP contribution in [0, 0.1) is 5.92 Å². The molecule has 0 heterocycles. The molecule has 2 atom stereocenters. The molecule has 1 aromatic carbocycles. The average molecular weight is 321 g/mol. The third-order valence-electron chi connectivity index (χ3n) is 3.66. The monoisotopic (exact) mass is 321 g/mol. The van der Waals surface area contributed by atoms with E-state index in [2.05, 4.69) is 6.92 Å². The van der Waals surface area contributed by atoms with Crippen molar-refractivity contribution in [2.75, 3.05) is 0 Å². The number of aryl methyl sites for hydroxylation is 2. The fourth-order valence-corrected chi connectivity index (χ4v) is 2.49. The number of rotatable bonds is 6. The number of hydrogen-bond donors (Lipinski definition) is 2. The Labute approximate surface area is 137 Å². The van der Waals surface area contributed by atoms with Gasteiger partial charge < -0.3 is 15.6 Å². The maximum atomic E-state index is 12.2. The number of carboxylic acid groups (broad SMARTS) is 1. The van der Waals surface area contributed by atoms with Gasteiger partial charge in [-0.3, -0.25) is 9.59 Å². The molecular formula is C18H27NO4. The van der Waals surface area contributed by atoms with Crippen LogP contribution in [0.25, 0.3) is 0 Å². The number of carboxylic acids is 1. The maximum Gasteiger partial charge on any atom is 0.322 e. The number of aliphatic carboxylic acids is 1. The van der Waals surface area contributed by atoms with Crippen molar-refractivity contribution >= 4 is 11.9 Å². The minimum Gasteiger partial charge on any atom is -0.481 e. The summed E-state index contributed by atoms with van der Waals surface area (Å²) in [6.45, 7) is 9.18. The van der Waals surface area contributed by atoms with E-state index >= 15 is 0 Å². The molecule has 0 aliphatic heterocycles. The molecule has 2 unspecified atom stereocenters. The van der Waals surface area contributed by atoms with Gasteiger partial charge in [0, 0.05) is 0 Å². The molecule has 128 valence electrons. The molecule has 1 aromatic rings. The second-order valence-electron chi connectivity index (χ2n) is 6.61. The van der Waals surface area contributed by atoms with Crippen molar-refractivity contribution in [1.29, 1.82) is 0 Å². The lowest BCUT2D eigenvalue weighted by molar-refractivity contribution is -0.167. The van der Waals surface area contributed by atoms with Crippen molar-refractivity contribution in [1.82, 2.24) is 0 Å². The minimum absolute atomic E-state index is 0.636. The van der Waals surface area contributed by atoms with E-state index in [1.54, 1.807) is 26.8 Å². The van der Waals surface area contributed by atoms with Crippen LogP contribution in [-0.2, 0) is 27.2 Å². The Bertz CT molecular complexity index is 575. The fraction of sp³-hybridized carbons (Fsp3) is 0.556. The van der Waals surface area contributed by atoms with Gasteiger partial charge in [-0.2, -0.15) is 0 Å². The van der Waals surface area contributed by atoms with Gasteiger partial charge in [0.05, 0.1) is 6.04 Å². The Hall–Kier alpha value is -1.88. The molecule has 0 bridgehead atoms. The predicted octanol–water partition coefficient (Wildman–Crippen LogP) is 2.85. The number of ether oxygens (including phenoxy) is 1. The third kappa shape index (κ3) is 5.06. The molecule has 5 nitrogen and oxygen atoms in total. The molecule has 5 heteroatoms. The number of esters is 1. The summed E-state index contributed by atoms with van der Waals surface area (Å²) in [6.07, 6.45) is 1.72. The van der Waals surface area contributed by atoms with Gasteiger partial charge in [-0.25, -0.2) is 0 Å². The molecule has 0 aromatic heterocycles. The highest BCUT2D eigenvalue weighted by Crippen LogP contribution is 2.26. The van der Waals surface area contributed by atoms with Crippen molar-refractivity contribution < 1.29 is 19.4 Å². The highest BCUT2D eigenvalue weighted by Gasteiger charge is 2.37. The van der Waals surface area contributed by atoms with Crippen LogP contribution >= 0.6 is 0 Å². The van der Waals surface area contributed by atoms with Gasteiger partial charge in [0.15, 0.2) is 5.92 Å². The van der Waals surface area contributed by atoms with Crippen LogP contribution < -0.4 is 5.73 Å². The summed E-state index contributed by atoms with van der Waals surface area (Å²) in [5.41, 5.74) is 8.29. The zero-order valence-corrected chi connectivity index (χ0v) is 14.6. The summed E-state index contributed by atoms with van der Waals surface area (Å²) in [6, 6.07) is 4.69. The van der Waals surface area contributed by atoms with Gasteiger partial charge in [-0.05, 0) is 50.3 Å². The second-order valence-corrected chi connectivity index (χ2v) is 6.61. The van der Waals surface area contributed by atoms with Crippen LogP contribution in [0.4, 0.5) is 0 Å². The van der Waals surface area contributed by atoms with E-state index in [-0.39, 0.29) is 0 Å². The summed E-state index contributed by atoms with van der Waals surface area (Å²) >= 11 is 0. The average Bonchev–Trinajstić information content (AvgIpc) is 2.44. The molecule has 23 heavy (non-hydrogen) atoms. The zero-order chi connectivity index (χ0) is 17.8. The maximum absolute atomic E-state index is 12.2. The van der Waals surface area contributed by atoms with E-state index < -0.39 is 29.5 Å². The third-order valence-corrected chi connectivity index (χ3v) is 3.66. The van der Waals surface area contributed by atoms with Gasteiger partial charge in [-0.15, -0.1) is 0 Å². The Morgan fingerprint density at radius 2 is 1.74 bits per heavy atom. The summed E-state index contributed by atoms with van der Waals surface area (Å²) < 4.78 is 5.21. The Kier molecular flexibility index (Phi) is 6.33. The van der Waals surface area contributed by atoms with Crippen molar-refractivity contribution in [2.45, 2.75) is 59.1 Å². The van der Waals surface area contributed by atoms with E-state index in [1.165, 1.54) is 5.56 Å². The SMILES string of the molecule is CCc1ccc(C(N)C(C(=O)O)C(=O)OC(C)(C)C)cc1CC. The first-order chi connectivity index (χ1) is 10.6. The van der Waals surface area contributed by atoms with Crippen LogP contribution in [-0.4, -0.2) is 22.6 Å².